The summed E-state index contributed by atoms with van der Waals surface area (Å²) in [5.41, 5.74) is 3.44. The first-order chi connectivity index (χ1) is 9.02. The largest absolute Gasteiger partial charge is 0.391 e. The smallest absolute Gasteiger partial charge is 0.224 e. The maximum atomic E-state index is 11.7. The number of aliphatic hydroxyl groups excluding tert-OH is 1. The third kappa shape index (κ3) is 5.85. The number of amides is 1. The van der Waals surface area contributed by atoms with Crippen molar-refractivity contribution in [3.63, 3.8) is 0 Å². The monoisotopic (exact) mass is 265 g/mol. The minimum Gasteiger partial charge on any atom is -0.391 e. The average Bonchev–Trinajstić information content (AvgIpc) is 2.34. The van der Waals surface area contributed by atoms with Crippen LogP contribution >= 0.6 is 0 Å². The highest BCUT2D eigenvalue weighted by molar-refractivity contribution is 5.78. The van der Waals surface area contributed by atoms with Crippen LogP contribution in [0, 0.1) is 13.8 Å². The Morgan fingerprint density at radius 3 is 2.74 bits per heavy atom. The molecule has 0 aliphatic rings. The second kappa shape index (κ2) is 7.92. The van der Waals surface area contributed by atoms with Crippen LogP contribution in [0.4, 0.5) is 0 Å². The van der Waals surface area contributed by atoms with Crippen LogP contribution in [0.15, 0.2) is 18.2 Å². The van der Waals surface area contributed by atoms with Gasteiger partial charge in [-0.25, -0.2) is 0 Å². The summed E-state index contributed by atoms with van der Waals surface area (Å²) in [6, 6.07) is 6.04. The first kappa shape index (κ1) is 15.7. The minimum absolute atomic E-state index is 0.0205. The number of nitrogens with one attached hydrogen (secondary N) is 1. The molecule has 4 heteroatoms. The summed E-state index contributed by atoms with van der Waals surface area (Å²) < 4.78 is 4.82. The van der Waals surface area contributed by atoms with Crippen molar-refractivity contribution in [2.75, 3.05) is 20.3 Å². The molecule has 1 rings (SSSR count). The molecule has 2 N–H and O–H groups in total. The molecule has 0 aromatic heterocycles. The van der Waals surface area contributed by atoms with Gasteiger partial charge >= 0.3 is 0 Å². The minimum atomic E-state index is -0.521. The van der Waals surface area contributed by atoms with E-state index in [1.807, 2.05) is 25.1 Å². The van der Waals surface area contributed by atoms with E-state index in [4.69, 9.17) is 4.74 Å². The molecule has 1 unspecified atom stereocenters. The fourth-order valence-corrected chi connectivity index (χ4v) is 1.82. The summed E-state index contributed by atoms with van der Waals surface area (Å²) in [6.45, 7) is 4.86. The van der Waals surface area contributed by atoms with Gasteiger partial charge in [-0.2, -0.15) is 0 Å². The molecule has 1 aromatic rings. The first-order valence-corrected chi connectivity index (χ1v) is 6.52. The number of carbonyl (C=O) groups excluding carboxylic acids is 1. The number of rotatable bonds is 7. The molecular weight excluding hydrogens is 242 g/mol. The van der Waals surface area contributed by atoms with E-state index in [2.05, 4.69) is 12.2 Å². The second-order valence-corrected chi connectivity index (χ2v) is 4.84. The van der Waals surface area contributed by atoms with Crippen LogP contribution in [0.2, 0.25) is 0 Å². The Kier molecular flexibility index (Phi) is 6.53. The fourth-order valence-electron chi connectivity index (χ4n) is 1.82. The molecule has 1 amide bonds. The van der Waals surface area contributed by atoms with Crippen molar-refractivity contribution >= 4 is 5.91 Å². The predicted octanol–water partition coefficient (Wildman–Crippen LogP) is 1.36. The van der Waals surface area contributed by atoms with E-state index < -0.39 is 6.10 Å². The van der Waals surface area contributed by atoms with Gasteiger partial charge in [0.15, 0.2) is 0 Å². The number of aryl methyl sites for hydroxylation is 2. The van der Waals surface area contributed by atoms with Crippen molar-refractivity contribution in [2.45, 2.75) is 32.8 Å². The average molecular weight is 265 g/mol. The SMILES string of the molecule is COCC(O)CCNC(=O)Cc1ccc(C)c(C)c1. The summed E-state index contributed by atoms with van der Waals surface area (Å²) in [4.78, 5) is 11.7. The second-order valence-electron chi connectivity index (χ2n) is 4.84. The van der Waals surface area contributed by atoms with Crippen LogP contribution in [-0.2, 0) is 16.0 Å². The number of ether oxygens (including phenoxy) is 1. The van der Waals surface area contributed by atoms with Gasteiger partial charge in [0.2, 0.25) is 5.91 Å². The van der Waals surface area contributed by atoms with Crippen molar-refractivity contribution in [3.05, 3.63) is 34.9 Å². The maximum Gasteiger partial charge on any atom is 0.224 e. The number of methoxy groups -OCH3 is 1. The van der Waals surface area contributed by atoms with Gasteiger partial charge in [-0.3, -0.25) is 4.79 Å². The number of hydrogen-bond acceptors (Lipinski definition) is 3. The molecule has 19 heavy (non-hydrogen) atoms. The van der Waals surface area contributed by atoms with Crippen molar-refractivity contribution in [3.8, 4) is 0 Å². The fraction of sp³-hybridized carbons (Fsp3) is 0.533. The van der Waals surface area contributed by atoms with Crippen molar-refractivity contribution in [1.29, 1.82) is 0 Å². The topological polar surface area (TPSA) is 58.6 Å². The van der Waals surface area contributed by atoms with E-state index >= 15 is 0 Å². The van der Waals surface area contributed by atoms with Gasteiger partial charge in [0, 0.05) is 13.7 Å². The van der Waals surface area contributed by atoms with Crippen LogP contribution < -0.4 is 5.32 Å². The molecule has 0 saturated carbocycles. The van der Waals surface area contributed by atoms with Crippen molar-refractivity contribution in [2.24, 2.45) is 0 Å². The summed E-state index contributed by atoms with van der Waals surface area (Å²) >= 11 is 0. The molecule has 0 spiro atoms. The number of aliphatic hydroxyl groups is 1. The molecule has 4 nitrogen and oxygen atoms in total. The predicted molar refractivity (Wildman–Crippen MR) is 75.1 cm³/mol. The van der Waals surface area contributed by atoms with Gasteiger partial charge in [-0.1, -0.05) is 18.2 Å². The maximum absolute atomic E-state index is 11.7. The Morgan fingerprint density at radius 2 is 2.11 bits per heavy atom. The standard InChI is InChI=1S/C15H23NO3/c1-11-4-5-13(8-12(11)2)9-15(18)16-7-6-14(17)10-19-3/h4-5,8,14,17H,6-7,9-10H2,1-3H3,(H,16,18). The van der Waals surface area contributed by atoms with Gasteiger partial charge in [0.1, 0.15) is 0 Å². The molecule has 1 atom stereocenters. The van der Waals surface area contributed by atoms with Crippen LogP contribution in [-0.4, -0.2) is 37.4 Å². The van der Waals surface area contributed by atoms with Crippen molar-refractivity contribution < 1.29 is 14.6 Å². The van der Waals surface area contributed by atoms with Gasteiger partial charge < -0.3 is 15.2 Å². The highest BCUT2D eigenvalue weighted by Crippen LogP contribution is 2.10. The van der Waals surface area contributed by atoms with E-state index in [-0.39, 0.29) is 5.91 Å². The summed E-state index contributed by atoms with van der Waals surface area (Å²) in [6.07, 6.45) is 0.362. The molecule has 0 aliphatic heterocycles. The summed E-state index contributed by atoms with van der Waals surface area (Å²) in [5.74, 6) is -0.0205. The Balaban J connectivity index is 2.33. The van der Waals surface area contributed by atoms with Crippen LogP contribution in [0.3, 0.4) is 0 Å². The number of carbonyl (C=O) groups is 1. The van der Waals surface area contributed by atoms with E-state index in [1.165, 1.54) is 11.1 Å². The van der Waals surface area contributed by atoms with E-state index in [0.717, 1.165) is 5.56 Å². The highest BCUT2D eigenvalue weighted by Gasteiger charge is 2.06. The van der Waals surface area contributed by atoms with E-state index in [1.54, 1.807) is 7.11 Å². The molecule has 0 bridgehead atoms. The number of hydrogen-bond donors (Lipinski definition) is 2. The lowest BCUT2D eigenvalue weighted by Crippen LogP contribution is -2.29. The van der Waals surface area contributed by atoms with Crippen LogP contribution in [0.1, 0.15) is 23.1 Å². The molecule has 0 fully saturated rings. The van der Waals surface area contributed by atoms with E-state index in [9.17, 15) is 9.90 Å². The summed E-state index contributed by atoms with van der Waals surface area (Å²) in [7, 11) is 1.54. The third-order valence-electron chi connectivity index (χ3n) is 3.09. The lowest BCUT2D eigenvalue weighted by atomic mass is 10.0. The molecule has 0 radical (unpaired) electrons. The summed E-state index contributed by atoms with van der Waals surface area (Å²) in [5, 5.41) is 12.2. The Hall–Kier alpha value is -1.39. The zero-order valence-electron chi connectivity index (χ0n) is 11.9. The van der Waals surface area contributed by atoms with Gasteiger partial charge in [-0.05, 0) is 37.0 Å². The van der Waals surface area contributed by atoms with Gasteiger partial charge in [-0.15, -0.1) is 0 Å². The zero-order chi connectivity index (χ0) is 14.3. The molecule has 0 aliphatic carbocycles. The molecule has 0 saturated heterocycles. The molecule has 1 aromatic carbocycles. The van der Waals surface area contributed by atoms with Crippen molar-refractivity contribution in [1.82, 2.24) is 5.32 Å². The lowest BCUT2D eigenvalue weighted by Gasteiger charge is -2.10. The normalized spacial score (nSPS) is 12.2. The van der Waals surface area contributed by atoms with Crippen LogP contribution in [0.25, 0.3) is 0 Å². The quantitative estimate of drug-likeness (QED) is 0.782. The first-order valence-electron chi connectivity index (χ1n) is 6.52. The van der Waals surface area contributed by atoms with Gasteiger partial charge in [0.05, 0.1) is 19.1 Å². The van der Waals surface area contributed by atoms with Gasteiger partial charge in [0.25, 0.3) is 0 Å². The number of benzene rings is 1. The Bertz CT molecular complexity index is 418. The zero-order valence-corrected chi connectivity index (χ0v) is 11.9. The Morgan fingerprint density at radius 1 is 1.37 bits per heavy atom. The molecule has 106 valence electrons. The van der Waals surface area contributed by atoms with Crippen LogP contribution in [0.5, 0.6) is 0 Å². The molecular formula is C15H23NO3. The lowest BCUT2D eigenvalue weighted by molar-refractivity contribution is -0.120. The molecule has 0 heterocycles. The third-order valence-corrected chi connectivity index (χ3v) is 3.09. The highest BCUT2D eigenvalue weighted by atomic mass is 16.5. The Labute approximate surface area is 114 Å². The van der Waals surface area contributed by atoms with E-state index in [0.29, 0.717) is 26.0 Å².